The van der Waals surface area contributed by atoms with Crippen molar-refractivity contribution in [1.82, 2.24) is 4.57 Å². The molecule has 1 saturated heterocycles. The monoisotopic (exact) mass is 447 g/mol. The quantitative estimate of drug-likeness (QED) is 0.388. The summed E-state index contributed by atoms with van der Waals surface area (Å²) in [5.41, 5.74) is 0.417. The first kappa shape index (κ1) is 21.9. The van der Waals surface area contributed by atoms with Crippen LogP contribution in [-0.4, -0.2) is 67.7 Å². The standard InChI is InChI=1S/C22H25NO7S/c1-2-29-12-6-8-13(9-7-12)31-17-10-23(18-14(17)4-3-5-15(18)25)22-21(28)20(27)19(26)16(11-24)30-22/h3-10,16,19-22,24-28H,2,11H2,1H3/t16-,19-,20+,21-,22-/m1/s1. The van der Waals surface area contributed by atoms with Gasteiger partial charge in [0.25, 0.3) is 0 Å². The Hall–Kier alpha value is -2.27. The summed E-state index contributed by atoms with van der Waals surface area (Å²) in [6, 6.07) is 12.7. The van der Waals surface area contributed by atoms with E-state index >= 15 is 0 Å². The number of hydrogen-bond donors (Lipinski definition) is 5. The zero-order chi connectivity index (χ0) is 22.1. The number of nitrogens with zero attached hydrogens (tertiary/aromatic N) is 1. The molecule has 1 fully saturated rings. The molecule has 4 rings (SSSR count). The number of benzene rings is 2. The van der Waals surface area contributed by atoms with Gasteiger partial charge in [-0.25, -0.2) is 0 Å². The van der Waals surface area contributed by atoms with Crippen LogP contribution in [0, 0.1) is 0 Å². The highest BCUT2D eigenvalue weighted by molar-refractivity contribution is 7.99. The molecule has 0 amide bonds. The molecule has 1 aliphatic rings. The second kappa shape index (κ2) is 9.07. The van der Waals surface area contributed by atoms with Gasteiger partial charge in [-0.3, -0.25) is 0 Å². The number of fused-ring (bicyclic) bond motifs is 1. The molecule has 9 heteroatoms. The van der Waals surface area contributed by atoms with Gasteiger partial charge in [0, 0.05) is 21.4 Å². The van der Waals surface area contributed by atoms with E-state index in [4.69, 9.17) is 9.47 Å². The van der Waals surface area contributed by atoms with Crippen LogP contribution >= 0.6 is 11.8 Å². The van der Waals surface area contributed by atoms with Crippen molar-refractivity contribution in [2.45, 2.75) is 47.4 Å². The van der Waals surface area contributed by atoms with Gasteiger partial charge in [-0.1, -0.05) is 23.9 Å². The molecule has 0 spiro atoms. The van der Waals surface area contributed by atoms with E-state index in [1.54, 1.807) is 12.3 Å². The molecular formula is C22H25NO7S. The van der Waals surface area contributed by atoms with Crippen LogP contribution in [0.4, 0.5) is 0 Å². The van der Waals surface area contributed by atoms with Crippen LogP contribution in [0.25, 0.3) is 10.9 Å². The van der Waals surface area contributed by atoms with Crippen LogP contribution in [-0.2, 0) is 4.74 Å². The molecule has 31 heavy (non-hydrogen) atoms. The molecule has 1 aromatic heterocycles. The van der Waals surface area contributed by atoms with Gasteiger partial charge >= 0.3 is 0 Å². The molecule has 0 saturated carbocycles. The summed E-state index contributed by atoms with van der Waals surface area (Å²) in [5.74, 6) is 0.751. The Morgan fingerprint density at radius 3 is 2.45 bits per heavy atom. The van der Waals surface area contributed by atoms with Gasteiger partial charge in [0.15, 0.2) is 6.23 Å². The van der Waals surface area contributed by atoms with Gasteiger partial charge in [0.05, 0.1) is 18.7 Å². The summed E-state index contributed by atoms with van der Waals surface area (Å²) in [7, 11) is 0. The fourth-order valence-corrected chi connectivity index (χ4v) is 4.72. The lowest BCUT2D eigenvalue weighted by Gasteiger charge is -2.40. The Balaban J connectivity index is 1.73. The van der Waals surface area contributed by atoms with Crippen LogP contribution in [0.1, 0.15) is 13.2 Å². The maximum atomic E-state index is 10.6. The molecule has 3 aromatic rings. The minimum Gasteiger partial charge on any atom is -0.506 e. The SMILES string of the molecule is CCOc1ccc(Sc2cn([C@@H]3O[C@H](CO)[C@@H](O)[C@H](O)[C@H]3O)c3c(O)cccc23)cc1. The van der Waals surface area contributed by atoms with E-state index in [2.05, 4.69) is 0 Å². The molecular weight excluding hydrogens is 422 g/mol. The Labute approximate surface area is 183 Å². The summed E-state index contributed by atoms with van der Waals surface area (Å²) in [6.07, 6.45) is -4.87. The van der Waals surface area contributed by atoms with Gasteiger partial charge in [0.2, 0.25) is 0 Å². The number of ether oxygens (including phenoxy) is 2. The van der Waals surface area contributed by atoms with Crippen molar-refractivity contribution in [2.24, 2.45) is 0 Å². The first-order valence-electron chi connectivity index (χ1n) is 9.98. The maximum absolute atomic E-state index is 10.6. The number of rotatable bonds is 6. The Morgan fingerprint density at radius 1 is 1.03 bits per heavy atom. The van der Waals surface area contributed by atoms with Gasteiger partial charge < -0.3 is 39.6 Å². The van der Waals surface area contributed by atoms with Gasteiger partial charge in [0.1, 0.15) is 35.9 Å². The number of phenolic OH excluding ortho intramolecular Hbond substituents is 1. The van der Waals surface area contributed by atoms with E-state index in [-0.39, 0.29) is 5.75 Å². The normalized spacial score (nSPS) is 26.3. The predicted molar refractivity (Wildman–Crippen MR) is 114 cm³/mol. The zero-order valence-electron chi connectivity index (χ0n) is 16.8. The van der Waals surface area contributed by atoms with E-state index in [1.807, 2.05) is 37.3 Å². The van der Waals surface area contributed by atoms with Crippen molar-refractivity contribution < 1.29 is 35.0 Å². The second-order valence-electron chi connectivity index (χ2n) is 7.30. The highest BCUT2D eigenvalue weighted by Gasteiger charge is 2.44. The molecule has 0 radical (unpaired) electrons. The predicted octanol–water partition coefficient (Wildman–Crippen LogP) is 1.87. The largest absolute Gasteiger partial charge is 0.506 e. The molecule has 2 heterocycles. The van der Waals surface area contributed by atoms with Crippen LogP contribution in [0.5, 0.6) is 11.5 Å². The molecule has 0 aliphatic carbocycles. The zero-order valence-corrected chi connectivity index (χ0v) is 17.6. The third-order valence-corrected chi connectivity index (χ3v) is 6.35. The topological polar surface area (TPSA) is 125 Å². The summed E-state index contributed by atoms with van der Waals surface area (Å²) in [4.78, 5) is 1.74. The second-order valence-corrected chi connectivity index (χ2v) is 8.42. The lowest BCUT2D eigenvalue weighted by molar-refractivity contribution is -0.250. The number of hydrogen-bond acceptors (Lipinski definition) is 8. The van der Waals surface area contributed by atoms with Gasteiger partial charge in [-0.05, 0) is 37.3 Å². The molecule has 0 bridgehead atoms. The summed E-state index contributed by atoms with van der Waals surface area (Å²) < 4.78 is 12.7. The van der Waals surface area contributed by atoms with Crippen molar-refractivity contribution in [1.29, 1.82) is 0 Å². The molecule has 2 aromatic carbocycles. The lowest BCUT2D eigenvalue weighted by atomic mass is 9.98. The highest BCUT2D eigenvalue weighted by atomic mass is 32.2. The van der Waals surface area contributed by atoms with Crippen molar-refractivity contribution in [3.8, 4) is 11.5 Å². The van der Waals surface area contributed by atoms with E-state index in [0.29, 0.717) is 12.1 Å². The number of aliphatic hydroxyl groups is 4. The number of aromatic hydroxyl groups is 1. The fraction of sp³-hybridized carbons (Fsp3) is 0.364. The summed E-state index contributed by atoms with van der Waals surface area (Å²) in [6.45, 7) is 1.97. The van der Waals surface area contributed by atoms with E-state index in [1.165, 1.54) is 22.4 Å². The third-order valence-electron chi connectivity index (χ3n) is 5.30. The Kier molecular flexibility index (Phi) is 6.42. The molecule has 5 N–H and O–H groups in total. The molecule has 5 atom stereocenters. The van der Waals surface area contributed by atoms with Crippen molar-refractivity contribution >= 4 is 22.7 Å². The Bertz CT molecular complexity index is 1040. The first-order valence-corrected chi connectivity index (χ1v) is 10.8. The number of para-hydroxylation sites is 1. The third kappa shape index (κ3) is 4.12. The summed E-state index contributed by atoms with van der Waals surface area (Å²) >= 11 is 1.46. The smallest absolute Gasteiger partial charge is 0.163 e. The molecule has 8 nitrogen and oxygen atoms in total. The van der Waals surface area contributed by atoms with Crippen LogP contribution < -0.4 is 4.74 Å². The molecule has 0 unspecified atom stereocenters. The van der Waals surface area contributed by atoms with Gasteiger partial charge in [-0.15, -0.1) is 0 Å². The van der Waals surface area contributed by atoms with Gasteiger partial charge in [-0.2, -0.15) is 0 Å². The summed E-state index contributed by atoms with van der Waals surface area (Å²) in [5, 5.41) is 51.6. The average molecular weight is 448 g/mol. The number of aliphatic hydroxyl groups excluding tert-OH is 4. The lowest BCUT2D eigenvalue weighted by Crippen LogP contribution is -2.56. The van der Waals surface area contributed by atoms with E-state index in [9.17, 15) is 25.5 Å². The van der Waals surface area contributed by atoms with Crippen molar-refractivity contribution in [3.05, 3.63) is 48.7 Å². The average Bonchev–Trinajstić information content (AvgIpc) is 3.13. The minimum atomic E-state index is -1.51. The van der Waals surface area contributed by atoms with E-state index in [0.717, 1.165) is 20.9 Å². The maximum Gasteiger partial charge on any atom is 0.163 e. The number of aromatic nitrogens is 1. The van der Waals surface area contributed by atoms with Crippen LogP contribution in [0.3, 0.4) is 0 Å². The van der Waals surface area contributed by atoms with Crippen molar-refractivity contribution in [2.75, 3.05) is 13.2 Å². The fourth-order valence-electron chi connectivity index (χ4n) is 3.75. The number of phenols is 1. The molecule has 1 aliphatic heterocycles. The molecule has 166 valence electrons. The van der Waals surface area contributed by atoms with Crippen LogP contribution in [0.2, 0.25) is 0 Å². The van der Waals surface area contributed by atoms with Crippen LogP contribution in [0.15, 0.2) is 58.5 Å². The van der Waals surface area contributed by atoms with E-state index < -0.39 is 37.3 Å². The van der Waals surface area contributed by atoms with Crippen molar-refractivity contribution in [3.63, 3.8) is 0 Å². The highest BCUT2D eigenvalue weighted by Crippen LogP contribution is 2.42. The first-order chi connectivity index (χ1) is 14.9. The minimum absolute atomic E-state index is 0.0204. The Morgan fingerprint density at radius 2 is 1.77 bits per heavy atom.